The first-order valence-corrected chi connectivity index (χ1v) is 8.69. The first-order valence-electron chi connectivity index (χ1n) is 8.69. The molecule has 0 aliphatic rings. The average molecular weight is 366 g/mol. The van der Waals surface area contributed by atoms with Crippen molar-refractivity contribution in [3.8, 4) is 11.5 Å². The fourth-order valence-corrected chi connectivity index (χ4v) is 2.25. The molecule has 1 heterocycles. The predicted octanol–water partition coefficient (Wildman–Crippen LogP) is 2.94. The van der Waals surface area contributed by atoms with Gasteiger partial charge in [0.25, 0.3) is 0 Å². The second-order valence-electron chi connectivity index (χ2n) is 5.78. The van der Waals surface area contributed by atoms with Gasteiger partial charge in [0.2, 0.25) is 0 Å². The van der Waals surface area contributed by atoms with Gasteiger partial charge in [-0.2, -0.15) is 5.10 Å². The largest absolute Gasteiger partial charge is 0.491 e. The standard InChI is InChI=1S/C20H22N4O3/c1-17-5-7-19(8-6-17)26-11-9-25-10-12-27-20-4-2-3-18(13-20)14-23-24-15-21-22-16-24/h2-8,13-16H,9-12H2,1H3/b23-14+. The Hall–Kier alpha value is -3.19. The molecule has 3 rings (SSSR count). The summed E-state index contributed by atoms with van der Waals surface area (Å²) in [5, 5.41) is 11.6. The lowest BCUT2D eigenvalue weighted by Gasteiger charge is -2.09. The third-order valence-corrected chi connectivity index (χ3v) is 3.62. The van der Waals surface area contributed by atoms with E-state index in [0.29, 0.717) is 26.4 Å². The molecule has 3 aromatic rings. The maximum absolute atomic E-state index is 5.70. The molecule has 0 aliphatic heterocycles. The minimum atomic E-state index is 0.469. The summed E-state index contributed by atoms with van der Waals surface area (Å²) in [4.78, 5) is 0. The summed E-state index contributed by atoms with van der Waals surface area (Å²) in [5.74, 6) is 1.62. The van der Waals surface area contributed by atoms with Crippen LogP contribution >= 0.6 is 0 Å². The van der Waals surface area contributed by atoms with Crippen LogP contribution < -0.4 is 9.47 Å². The third kappa shape index (κ3) is 6.56. The molecule has 0 amide bonds. The molecule has 7 nitrogen and oxygen atoms in total. The van der Waals surface area contributed by atoms with E-state index in [9.17, 15) is 0 Å². The van der Waals surface area contributed by atoms with E-state index in [1.807, 2.05) is 55.5 Å². The molecule has 2 aromatic carbocycles. The Morgan fingerprint density at radius 2 is 1.59 bits per heavy atom. The number of benzene rings is 2. The summed E-state index contributed by atoms with van der Waals surface area (Å²) in [6.45, 7) is 4.04. The van der Waals surface area contributed by atoms with Crippen LogP contribution in [-0.2, 0) is 4.74 Å². The molecule has 0 saturated heterocycles. The van der Waals surface area contributed by atoms with Crippen LogP contribution in [0.3, 0.4) is 0 Å². The molecular formula is C20H22N4O3. The molecule has 27 heavy (non-hydrogen) atoms. The zero-order valence-corrected chi connectivity index (χ0v) is 15.2. The number of rotatable bonds is 10. The van der Waals surface area contributed by atoms with E-state index in [4.69, 9.17) is 14.2 Å². The van der Waals surface area contributed by atoms with Gasteiger partial charge in [-0.1, -0.05) is 29.8 Å². The lowest BCUT2D eigenvalue weighted by atomic mass is 10.2. The van der Waals surface area contributed by atoms with Crippen LogP contribution in [0.15, 0.2) is 66.3 Å². The van der Waals surface area contributed by atoms with E-state index in [0.717, 1.165) is 17.1 Å². The molecule has 0 unspecified atom stereocenters. The fraction of sp³-hybridized carbons (Fsp3) is 0.250. The number of nitrogens with zero attached hydrogens (tertiary/aromatic N) is 4. The lowest BCUT2D eigenvalue weighted by molar-refractivity contribution is 0.0764. The Bertz CT molecular complexity index is 833. The van der Waals surface area contributed by atoms with Gasteiger partial charge in [0, 0.05) is 0 Å². The first-order chi connectivity index (χ1) is 13.3. The van der Waals surface area contributed by atoms with Crippen LogP contribution in [0.4, 0.5) is 0 Å². The van der Waals surface area contributed by atoms with E-state index in [1.54, 1.807) is 6.21 Å². The number of hydrogen-bond donors (Lipinski definition) is 0. The van der Waals surface area contributed by atoms with Gasteiger partial charge in [0.1, 0.15) is 37.4 Å². The van der Waals surface area contributed by atoms with E-state index < -0.39 is 0 Å². The quantitative estimate of drug-likeness (QED) is 0.407. The normalized spacial score (nSPS) is 11.0. The van der Waals surface area contributed by atoms with Gasteiger partial charge >= 0.3 is 0 Å². The maximum atomic E-state index is 5.70. The number of aromatic nitrogens is 3. The number of hydrogen-bond acceptors (Lipinski definition) is 6. The molecule has 0 saturated carbocycles. The molecule has 0 fully saturated rings. The molecule has 0 bridgehead atoms. The van der Waals surface area contributed by atoms with Crippen molar-refractivity contribution in [2.45, 2.75) is 6.92 Å². The van der Waals surface area contributed by atoms with Gasteiger partial charge in [0.05, 0.1) is 19.4 Å². The highest BCUT2D eigenvalue weighted by Gasteiger charge is 1.97. The van der Waals surface area contributed by atoms with Crippen molar-refractivity contribution >= 4 is 6.21 Å². The monoisotopic (exact) mass is 366 g/mol. The topological polar surface area (TPSA) is 70.8 Å². The van der Waals surface area contributed by atoms with Crippen molar-refractivity contribution < 1.29 is 14.2 Å². The second-order valence-corrected chi connectivity index (χ2v) is 5.78. The van der Waals surface area contributed by atoms with Gasteiger partial charge in [-0.05, 0) is 36.8 Å². The molecule has 0 spiro atoms. The second kappa shape index (κ2) is 10.1. The summed E-state index contributed by atoms with van der Waals surface area (Å²) in [7, 11) is 0. The van der Waals surface area contributed by atoms with E-state index in [-0.39, 0.29) is 0 Å². The van der Waals surface area contributed by atoms with Crippen LogP contribution in [0.2, 0.25) is 0 Å². The van der Waals surface area contributed by atoms with Crippen molar-refractivity contribution in [1.82, 2.24) is 14.9 Å². The highest BCUT2D eigenvalue weighted by atomic mass is 16.5. The molecule has 0 aliphatic carbocycles. The SMILES string of the molecule is Cc1ccc(OCCOCCOc2cccc(/C=N/n3cnnc3)c2)cc1. The first kappa shape index (κ1) is 18.6. The molecule has 0 radical (unpaired) electrons. The van der Waals surface area contributed by atoms with Gasteiger partial charge < -0.3 is 14.2 Å². The summed E-state index contributed by atoms with van der Waals surface area (Å²) < 4.78 is 18.4. The Labute approximate surface area is 158 Å². The minimum Gasteiger partial charge on any atom is -0.491 e. The van der Waals surface area contributed by atoms with E-state index in [2.05, 4.69) is 15.3 Å². The Morgan fingerprint density at radius 3 is 2.33 bits per heavy atom. The zero-order valence-electron chi connectivity index (χ0n) is 15.2. The Balaban J connectivity index is 1.32. The van der Waals surface area contributed by atoms with Gasteiger partial charge in [-0.3, -0.25) is 0 Å². The van der Waals surface area contributed by atoms with Gasteiger partial charge in [-0.15, -0.1) is 10.2 Å². The van der Waals surface area contributed by atoms with Gasteiger partial charge in [0.15, 0.2) is 0 Å². The molecule has 140 valence electrons. The fourth-order valence-electron chi connectivity index (χ4n) is 2.25. The van der Waals surface area contributed by atoms with Crippen molar-refractivity contribution in [3.05, 3.63) is 72.3 Å². The maximum Gasteiger partial charge on any atom is 0.141 e. The average Bonchev–Trinajstić information content (AvgIpc) is 3.21. The third-order valence-electron chi connectivity index (χ3n) is 3.62. The minimum absolute atomic E-state index is 0.469. The highest BCUT2D eigenvalue weighted by Crippen LogP contribution is 2.12. The Morgan fingerprint density at radius 1 is 0.889 bits per heavy atom. The van der Waals surface area contributed by atoms with Crippen LogP contribution in [0, 0.1) is 6.92 Å². The smallest absolute Gasteiger partial charge is 0.141 e. The molecule has 7 heteroatoms. The lowest BCUT2D eigenvalue weighted by Crippen LogP contribution is -2.12. The van der Waals surface area contributed by atoms with Crippen LogP contribution in [0.5, 0.6) is 11.5 Å². The van der Waals surface area contributed by atoms with Crippen LogP contribution in [-0.4, -0.2) is 47.5 Å². The number of ether oxygens (including phenoxy) is 3. The number of aryl methyl sites for hydroxylation is 1. The molecule has 1 aromatic heterocycles. The highest BCUT2D eigenvalue weighted by molar-refractivity contribution is 5.80. The van der Waals surface area contributed by atoms with Gasteiger partial charge in [-0.25, -0.2) is 4.68 Å². The summed E-state index contributed by atoms with van der Waals surface area (Å²) in [6.07, 6.45) is 4.77. The predicted molar refractivity (Wildman–Crippen MR) is 102 cm³/mol. The molecular weight excluding hydrogens is 344 g/mol. The summed E-state index contributed by atoms with van der Waals surface area (Å²) in [6, 6.07) is 15.6. The van der Waals surface area contributed by atoms with E-state index >= 15 is 0 Å². The molecule has 0 N–H and O–H groups in total. The van der Waals surface area contributed by atoms with Crippen molar-refractivity contribution in [2.24, 2.45) is 5.10 Å². The Kier molecular flexibility index (Phi) is 6.94. The van der Waals surface area contributed by atoms with Crippen molar-refractivity contribution in [3.63, 3.8) is 0 Å². The van der Waals surface area contributed by atoms with Crippen molar-refractivity contribution in [2.75, 3.05) is 26.4 Å². The summed E-state index contributed by atoms with van der Waals surface area (Å²) in [5.41, 5.74) is 2.14. The zero-order chi connectivity index (χ0) is 18.7. The van der Waals surface area contributed by atoms with Crippen LogP contribution in [0.1, 0.15) is 11.1 Å². The molecule has 0 atom stereocenters. The van der Waals surface area contributed by atoms with Crippen molar-refractivity contribution in [1.29, 1.82) is 0 Å². The van der Waals surface area contributed by atoms with Crippen LogP contribution in [0.25, 0.3) is 0 Å². The summed E-state index contributed by atoms with van der Waals surface area (Å²) >= 11 is 0. The van der Waals surface area contributed by atoms with E-state index in [1.165, 1.54) is 22.9 Å².